The fourth-order valence-electron chi connectivity index (χ4n) is 3.80. The zero-order valence-electron chi connectivity index (χ0n) is 15.2. The average Bonchev–Trinajstić information content (AvgIpc) is 2.61. The van der Waals surface area contributed by atoms with Crippen LogP contribution in [0.1, 0.15) is 24.6 Å². The third-order valence-corrected chi connectivity index (χ3v) is 5.88. The molecular formula is C18H27N5O2. The summed E-state index contributed by atoms with van der Waals surface area (Å²) in [7, 11) is 2.15. The van der Waals surface area contributed by atoms with Crippen LogP contribution in [0.3, 0.4) is 0 Å². The van der Waals surface area contributed by atoms with Gasteiger partial charge in [0.15, 0.2) is 0 Å². The first-order chi connectivity index (χ1) is 12.1. The summed E-state index contributed by atoms with van der Waals surface area (Å²) in [5.74, 6) is 1.07. The van der Waals surface area contributed by atoms with Gasteiger partial charge in [-0.15, -0.1) is 0 Å². The number of carbonyl (C=O) groups is 1. The van der Waals surface area contributed by atoms with E-state index in [0.717, 1.165) is 62.8 Å². The molecular weight excluding hydrogens is 318 g/mol. The second-order valence-electron chi connectivity index (χ2n) is 7.54. The van der Waals surface area contributed by atoms with Crippen LogP contribution in [0.25, 0.3) is 0 Å². The lowest BCUT2D eigenvalue weighted by molar-refractivity contribution is -0.174. The number of hydrogen-bond donors (Lipinski definition) is 0. The first kappa shape index (κ1) is 16.7. The minimum atomic E-state index is -0.294. The van der Waals surface area contributed by atoms with Gasteiger partial charge >= 0.3 is 0 Å². The molecule has 136 valence electrons. The monoisotopic (exact) mass is 345 g/mol. The van der Waals surface area contributed by atoms with Crippen LogP contribution < -0.4 is 4.90 Å². The molecule has 0 radical (unpaired) electrons. The van der Waals surface area contributed by atoms with Crippen molar-refractivity contribution in [2.75, 3.05) is 57.9 Å². The van der Waals surface area contributed by atoms with Crippen molar-refractivity contribution in [3.63, 3.8) is 0 Å². The minimum Gasteiger partial charge on any atom is -0.379 e. The van der Waals surface area contributed by atoms with E-state index in [4.69, 9.17) is 9.72 Å². The summed E-state index contributed by atoms with van der Waals surface area (Å²) < 4.78 is 5.32. The molecule has 0 spiro atoms. The number of anilines is 1. The first-order valence-corrected chi connectivity index (χ1v) is 9.27. The SMILES string of the molecule is CCC1(C(=O)N2CCc3nc(N4CCN(C)CC4)ncc3C2)COC1. The van der Waals surface area contributed by atoms with Gasteiger partial charge in [0.1, 0.15) is 0 Å². The molecule has 2 saturated heterocycles. The summed E-state index contributed by atoms with van der Waals surface area (Å²) in [5.41, 5.74) is 1.89. The van der Waals surface area contributed by atoms with E-state index in [1.54, 1.807) is 0 Å². The van der Waals surface area contributed by atoms with Crippen LogP contribution in [0.15, 0.2) is 6.20 Å². The zero-order chi connectivity index (χ0) is 17.4. The van der Waals surface area contributed by atoms with Crippen molar-refractivity contribution in [3.05, 3.63) is 17.5 Å². The van der Waals surface area contributed by atoms with E-state index in [0.29, 0.717) is 19.8 Å². The van der Waals surface area contributed by atoms with Crippen LogP contribution in [0, 0.1) is 5.41 Å². The number of piperazine rings is 1. The highest BCUT2D eigenvalue weighted by atomic mass is 16.5. The maximum atomic E-state index is 12.9. The fraction of sp³-hybridized carbons (Fsp3) is 0.722. The van der Waals surface area contributed by atoms with E-state index in [-0.39, 0.29) is 11.3 Å². The molecule has 7 heteroatoms. The van der Waals surface area contributed by atoms with Crippen LogP contribution in [0.2, 0.25) is 0 Å². The molecule has 1 aromatic rings. The molecule has 25 heavy (non-hydrogen) atoms. The van der Waals surface area contributed by atoms with Gasteiger partial charge in [-0.2, -0.15) is 0 Å². The van der Waals surface area contributed by atoms with Crippen LogP contribution >= 0.6 is 0 Å². The second-order valence-corrected chi connectivity index (χ2v) is 7.54. The Balaban J connectivity index is 1.46. The summed E-state index contributed by atoms with van der Waals surface area (Å²) in [6.45, 7) is 8.59. The molecule has 0 atom stereocenters. The van der Waals surface area contributed by atoms with E-state index < -0.39 is 0 Å². The number of aromatic nitrogens is 2. The minimum absolute atomic E-state index is 0.232. The Hall–Kier alpha value is -1.73. The summed E-state index contributed by atoms with van der Waals surface area (Å²) >= 11 is 0. The van der Waals surface area contributed by atoms with Crippen LogP contribution in [0.4, 0.5) is 5.95 Å². The number of hydrogen-bond acceptors (Lipinski definition) is 6. The van der Waals surface area contributed by atoms with Gasteiger partial charge in [0.25, 0.3) is 0 Å². The van der Waals surface area contributed by atoms with Gasteiger partial charge in [0, 0.05) is 57.4 Å². The van der Waals surface area contributed by atoms with Crippen LogP contribution in [-0.4, -0.2) is 78.7 Å². The lowest BCUT2D eigenvalue weighted by atomic mass is 9.81. The molecule has 7 nitrogen and oxygen atoms in total. The van der Waals surface area contributed by atoms with Gasteiger partial charge in [-0.05, 0) is 13.5 Å². The molecule has 0 bridgehead atoms. The molecule has 0 aliphatic carbocycles. The van der Waals surface area contributed by atoms with E-state index in [9.17, 15) is 4.79 Å². The maximum absolute atomic E-state index is 12.9. The molecule has 0 unspecified atom stereocenters. The van der Waals surface area contributed by atoms with Crippen molar-refractivity contribution in [2.45, 2.75) is 26.3 Å². The highest BCUT2D eigenvalue weighted by molar-refractivity contribution is 5.84. The highest BCUT2D eigenvalue weighted by Gasteiger charge is 2.46. The first-order valence-electron chi connectivity index (χ1n) is 9.27. The second kappa shape index (κ2) is 6.53. The van der Waals surface area contributed by atoms with E-state index in [1.807, 2.05) is 11.1 Å². The molecule has 4 heterocycles. The number of amides is 1. The van der Waals surface area contributed by atoms with Crippen LogP contribution in [0.5, 0.6) is 0 Å². The molecule has 0 saturated carbocycles. The maximum Gasteiger partial charge on any atom is 0.233 e. The molecule has 0 aromatic carbocycles. The Bertz CT molecular complexity index is 647. The Morgan fingerprint density at radius 2 is 2.00 bits per heavy atom. The third-order valence-electron chi connectivity index (χ3n) is 5.88. The van der Waals surface area contributed by atoms with Gasteiger partial charge in [0.05, 0.1) is 24.3 Å². The molecule has 3 aliphatic rings. The molecule has 0 N–H and O–H groups in total. The van der Waals surface area contributed by atoms with Gasteiger partial charge in [0.2, 0.25) is 11.9 Å². The number of fused-ring (bicyclic) bond motifs is 1. The Labute approximate surface area is 149 Å². The number of rotatable bonds is 3. The number of ether oxygens (including phenoxy) is 1. The summed E-state index contributed by atoms with van der Waals surface area (Å²) in [4.78, 5) is 28.8. The summed E-state index contributed by atoms with van der Waals surface area (Å²) in [5, 5.41) is 0. The normalized spacial score (nSPS) is 23.1. The van der Waals surface area contributed by atoms with E-state index in [2.05, 4.69) is 28.8 Å². The van der Waals surface area contributed by atoms with E-state index in [1.165, 1.54) is 0 Å². The highest BCUT2D eigenvalue weighted by Crippen LogP contribution is 2.35. The van der Waals surface area contributed by atoms with Crippen molar-refractivity contribution in [1.82, 2.24) is 19.8 Å². The molecule has 1 aromatic heterocycles. The summed E-state index contributed by atoms with van der Waals surface area (Å²) in [6.07, 6.45) is 3.57. The van der Waals surface area contributed by atoms with Crippen molar-refractivity contribution in [1.29, 1.82) is 0 Å². The lowest BCUT2D eigenvalue weighted by Gasteiger charge is -2.43. The zero-order valence-corrected chi connectivity index (χ0v) is 15.2. The van der Waals surface area contributed by atoms with Gasteiger partial charge in [-0.25, -0.2) is 9.97 Å². The van der Waals surface area contributed by atoms with Crippen molar-refractivity contribution in [2.24, 2.45) is 5.41 Å². The predicted molar refractivity (Wildman–Crippen MR) is 94.4 cm³/mol. The largest absolute Gasteiger partial charge is 0.379 e. The quantitative estimate of drug-likeness (QED) is 0.797. The van der Waals surface area contributed by atoms with Crippen LogP contribution in [-0.2, 0) is 22.5 Å². The standard InChI is InChI=1S/C18H27N5O2/c1-3-18(12-25-13-18)16(24)23-5-4-15-14(11-23)10-19-17(20-15)22-8-6-21(2)7-9-22/h10H,3-9,11-13H2,1-2H3. The molecule has 3 aliphatic heterocycles. The smallest absolute Gasteiger partial charge is 0.233 e. The number of carbonyl (C=O) groups excluding carboxylic acids is 1. The molecule has 4 rings (SSSR count). The fourth-order valence-corrected chi connectivity index (χ4v) is 3.80. The van der Waals surface area contributed by atoms with E-state index >= 15 is 0 Å². The van der Waals surface area contributed by atoms with Gasteiger partial charge < -0.3 is 19.4 Å². The number of nitrogens with zero attached hydrogens (tertiary/aromatic N) is 5. The lowest BCUT2D eigenvalue weighted by Crippen LogP contribution is -2.55. The Kier molecular flexibility index (Phi) is 4.37. The average molecular weight is 345 g/mol. The summed E-state index contributed by atoms with van der Waals surface area (Å²) in [6, 6.07) is 0. The topological polar surface area (TPSA) is 61.8 Å². The van der Waals surface area contributed by atoms with Gasteiger partial charge in [-0.3, -0.25) is 4.79 Å². The van der Waals surface area contributed by atoms with Crippen molar-refractivity contribution >= 4 is 11.9 Å². The molecule has 1 amide bonds. The van der Waals surface area contributed by atoms with Gasteiger partial charge in [-0.1, -0.05) is 6.92 Å². The Morgan fingerprint density at radius 1 is 1.24 bits per heavy atom. The van der Waals surface area contributed by atoms with Crippen molar-refractivity contribution < 1.29 is 9.53 Å². The molecule has 2 fully saturated rings. The third kappa shape index (κ3) is 3.00. The number of likely N-dealkylation sites (N-methyl/N-ethyl adjacent to an activating group) is 1. The Morgan fingerprint density at radius 3 is 2.64 bits per heavy atom. The predicted octanol–water partition coefficient (Wildman–Crippen LogP) is 0.540. The van der Waals surface area contributed by atoms with Crippen molar-refractivity contribution in [3.8, 4) is 0 Å².